The van der Waals surface area contributed by atoms with Crippen LogP contribution >= 0.6 is 0 Å². The summed E-state index contributed by atoms with van der Waals surface area (Å²) in [6, 6.07) is 14.5. The summed E-state index contributed by atoms with van der Waals surface area (Å²) in [7, 11) is 1.85. The SMILES string of the molecule is COC1CCN(Cc2ccc3c(c2)CCC([C@@H]2NCCc4cc(OC[C@@H]5CCCO5)ccc42)C3)CC1. The van der Waals surface area contributed by atoms with Gasteiger partial charge in [0, 0.05) is 39.4 Å². The van der Waals surface area contributed by atoms with Crippen molar-refractivity contribution in [3.63, 3.8) is 0 Å². The first-order valence-corrected chi connectivity index (χ1v) is 14.2. The predicted octanol–water partition coefficient (Wildman–Crippen LogP) is 4.85. The standard InChI is InChI=1S/C31H42N2O3/c1-34-27-11-14-33(15-12-27)20-22-4-5-24-18-26(7-6-23(24)17-22)31-30-9-8-28(19-25(30)10-13-32-31)36-21-29-3-2-16-35-29/h4-5,8-9,17,19,26-27,29,31-32H,2-3,6-7,10-16,18,20-21H2,1H3/t26?,29-,31-/m0/s1. The zero-order chi connectivity index (χ0) is 24.3. The highest BCUT2D eigenvalue weighted by Gasteiger charge is 2.31. The first-order valence-electron chi connectivity index (χ1n) is 14.2. The average Bonchev–Trinajstić information content (AvgIpc) is 3.45. The lowest BCUT2D eigenvalue weighted by Crippen LogP contribution is -2.37. The highest BCUT2D eigenvalue weighted by atomic mass is 16.5. The Morgan fingerprint density at radius 2 is 1.89 bits per heavy atom. The monoisotopic (exact) mass is 490 g/mol. The van der Waals surface area contributed by atoms with Gasteiger partial charge >= 0.3 is 0 Å². The van der Waals surface area contributed by atoms with Crippen LogP contribution in [0.1, 0.15) is 66.0 Å². The smallest absolute Gasteiger partial charge is 0.119 e. The summed E-state index contributed by atoms with van der Waals surface area (Å²) in [6.45, 7) is 5.96. The zero-order valence-corrected chi connectivity index (χ0v) is 21.8. The topological polar surface area (TPSA) is 43.0 Å². The predicted molar refractivity (Wildman–Crippen MR) is 143 cm³/mol. The number of aryl methyl sites for hydroxylation is 1. The fourth-order valence-electron chi connectivity index (χ4n) is 6.83. The number of piperidine rings is 1. The van der Waals surface area contributed by atoms with Gasteiger partial charge in [-0.05, 0) is 104 Å². The normalized spacial score (nSPS) is 27.0. The number of ether oxygens (including phenoxy) is 3. The van der Waals surface area contributed by atoms with Crippen LogP contribution in [-0.2, 0) is 35.3 Å². The summed E-state index contributed by atoms with van der Waals surface area (Å²) in [6.07, 6.45) is 10.00. The zero-order valence-electron chi connectivity index (χ0n) is 21.8. The van der Waals surface area contributed by atoms with Crippen LogP contribution < -0.4 is 10.1 Å². The number of methoxy groups -OCH3 is 1. The molecule has 0 radical (unpaired) electrons. The van der Waals surface area contributed by atoms with Gasteiger partial charge in [0.15, 0.2) is 0 Å². The first kappa shape index (κ1) is 24.4. The van der Waals surface area contributed by atoms with Crippen molar-refractivity contribution in [1.29, 1.82) is 0 Å². The third kappa shape index (κ3) is 5.50. The Hall–Kier alpha value is -1.92. The van der Waals surface area contributed by atoms with E-state index >= 15 is 0 Å². The van der Waals surface area contributed by atoms with Crippen molar-refractivity contribution in [2.45, 2.75) is 76.2 Å². The molecule has 0 spiro atoms. The molecule has 0 bridgehead atoms. The van der Waals surface area contributed by atoms with Gasteiger partial charge < -0.3 is 19.5 Å². The van der Waals surface area contributed by atoms with E-state index in [0.29, 0.717) is 24.7 Å². The van der Waals surface area contributed by atoms with Crippen LogP contribution in [0, 0.1) is 5.92 Å². The Morgan fingerprint density at radius 3 is 2.72 bits per heavy atom. The first-order chi connectivity index (χ1) is 17.7. The fraction of sp³-hybridized carbons (Fsp3) is 0.613. The fourth-order valence-corrected chi connectivity index (χ4v) is 6.83. The number of hydrogen-bond acceptors (Lipinski definition) is 5. The third-order valence-corrected chi connectivity index (χ3v) is 8.95. The molecule has 0 saturated carbocycles. The molecule has 6 rings (SSSR count). The van der Waals surface area contributed by atoms with Crippen LogP contribution in [0.2, 0.25) is 0 Å². The minimum atomic E-state index is 0.265. The molecule has 194 valence electrons. The van der Waals surface area contributed by atoms with Gasteiger partial charge in [-0.2, -0.15) is 0 Å². The molecule has 2 saturated heterocycles. The Balaban J connectivity index is 1.08. The molecule has 0 aromatic heterocycles. The molecule has 4 aliphatic rings. The lowest BCUT2D eigenvalue weighted by Gasteiger charge is -2.37. The largest absolute Gasteiger partial charge is 0.491 e. The van der Waals surface area contributed by atoms with E-state index < -0.39 is 0 Å². The summed E-state index contributed by atoms with van der Waals surface area (Å²) < 4.78 is 17.4. The minimum Gasteiger partial charge on any atom is -0.491 e. The van der Waals surface area contributed by atoms with E-state index in [0.717, 1.165) is 70.6 Å². The van der Waals surface area contributed by atoms with Gasteiger partial charge in [-0.1, -0.05) is 24.3 Å². The van der Waals surface area contributed by atoms with Gasteiger partial charge in [-0.25, -0.2) is 0 Å². The molecule has 0 amide bonds. The molecule has 5 nitrogen and oxygen atoms in total. The molecule has 3 heterocycles. The molecule has 2 fully saturated rings. The third-order valence-electron chi connectivity index (χ3n) is 8.95. The highest BCUT2D eigenvalue weighted by molar-refractivity contribution is 5.41. The van der Waals surface area contributed by atoms with Gasteiger partial charge in [0.05, 0.1) is 12.2 Å². The van der Waals surface area contributed by atoms with Crippen molar-refractivity contribution in [2.24, 2.45) is 5.92 Å². The molecule has 36 heavy (non-hydrogen) atoms. The Morgan fingerprint density at radius 1 is 0.972 bits per heavy atom. The van der Waals surface area contributed by atoms with E-state index in [2.05, 4.69) is 46.6 Å². The number of benzene rings is 2. The van der Waals surface area contributed by atoms with Crippen LogP contribution in [0.4, 0.5) is 0 Å². The van der Waals surface area contributed by atoms with Gasteiger partial charge in [-0.3, -0.25) is 4.90 Å². The minimum absolute atomic E-state index is 0.265. The van der Waals surface area contributed by atoms with Crippen molar-refractivity contribution in [3.8, 4) is 5.75 Å². The number of nitrogens with zero attached hydrogens (tertiary/aromatic N) is 1. The van der Waals surface area contributed by atoms with E-state index in [-0.39, 0.29) is 6.10 Å². The van der Waals surface area contributed by atoms with Gasteiger partial charge in [0.25, 0.3) is 0 Å². The number of likely N-dealkylation sites (tertiary alicyclic amines) is 1. The average molecular weight is 491 g/mol. The van der Waals surface area contributed by atoms with E-state index in [1.54, 1.807) is 11.1 Å². The summed E-state index contributed by atoms with van der Waals surface area (Å²) in [5.41, 5.74) is 7.54. The van der Waals surface area contributed by atoms with Crippen LogP contribution in [-0.4, -0.2) is 57.1 Å². The van der Waals surface area contributed by atoms with Crippen LogP contribution in [0.15, 0.2) is 36.4 Å². The lowest BCUT2D eigenvalue weighted by molar-refractivity contribution is 0.0388. The summed E-state index contributed by atoms with van der Waals surface area (Å²) >= 11 is 0. The Kier molecular flexibility index (Phi) is 7.61. The van der Waals surface area contributed by atoms with Crippen LogP contribution in [0.5, 0.6) is 5.75 Å². The van der Waals surface area contributed by atoms with E-state index in [1.165, 1.54) is 36.0 Å². The summed E-state index contributed by atoms with van der Waals surface area (Å²) in [5, 5.41) is 3.87. The van der Waals surface area contributed by atoms with Crippen LogP contribution in [0.3, 0.4) is 0 Å². The summed E-state index contributed by atoms with van der Waals surface area (Å²) in [4.78, 5) is 2.59. The quantitative estimate of drug-likeness (QED) is 0.601. The second-order valence-electron chi connectivity index (χ2n) is 11.3. The molecule has 1 aliphatic carbocycles. The van der Waals surface area contributed by atoms with Gasteiger partial charge in [-0.15, -0.1) is 0 Å². The second-order valence-corrected chi connectivity index (χ2v) is 11.3. The highest BCUT2D eigenvalue weighted by Crippen LogP contribution is 2.38. The van der Waals surface area contributed by atoms with E-state index in [4.69, 9.17) is 14.2 Å². The Labute approximate surface area is 216 Å². The maximum atomic E-state index is 6.10. The van der Waals surface area contributed by atoms with E-state index in [9.17, 15) is 0 Å². The number of fused-ring (bicyclic) bond motifs is 2. The second kappa shape index (κ2) is 11.2. The number of hydrogen-bond donors (Lipinski definition) is 1. The van der Waals surface area contributed by atoms with Crippen LogP contribution in [0.25, 0.3) is 0 Å². The molecule has 3 aliphatic heterocycles. The summed E-state index contributed by atoms with van der Waals surface area (Å²) in [5.74, 6) is 1.65. The molecule has 5 heteroatoms. The molecule has 2 aromatic rings. The van der Waals surface area contributed by atoms with Crippen molar-refractivity contribution in [3.05, 3.63) is 64.2 Å². The molecular formula is C31H42N2O3. The van der Waals surface area contributed by atoms with E-state index in [1.807, 2.05) is 7.11 Å². The van der Waals surface area contributed by atoms with Gasteiger partial charge in [0.1, 0.15) is 12.4 Å². The molecule has 2 aromatic carbocycles. The van der Waals surface area contributed by atoms with Crippen molar-refractivity contribution in [1.82, 2.24) is 10.2 Å². The molecular weight excluding hydrogens is 448 g/mol. The van der Waals surface area contributed by atoms with Crippen molar-refractivity contribution in [2.75, 3.05) is 40.0 Å². The molecule has 3 atom stereocenters. The van der Waals surface area contributed by atoms with Crippen molar-refractivity contribution < 1.29 is 14.2 Å². The Bertz CT molecular complexity index is 1030. The maximum Gasteiger partial charge on any atom is 0.119 e. The number of rotatable bonds is 7. The molecule has 1 N–H and O–H groups in total. The lowest BCUT2D eigenvalue weighted by atomic mass is 9.75. The molecule has 1 unspecified atom stereocenters. The number of nitrogens with one attached hydrogen (secondary N) is 1. The van der Waals surface area contributed by atoms with Gasteiger partial charge in [0.2, 0.25) is 0 Å². The van der Waals surface area contributed by atoms with Crippen molar-refractivity contribution >= 4 is 0 Å². The maximum absolute atomic E-state index is 6.10.